The Kier molecular flexibility index (Phi) is 6.87. The van der Waals surface area contributed by atoms with Crippen LogP contribution in [0.5, 0.6) is 0 Å². The first-order valence-corrected chi connectivity index (χ1v) is 11.5. The van der Waals surface area contributed by atoms with Crippen LogP contribution in [0.3, 0.4) is 0 Å². The molecule has 1 aromatic heterocycles. The minimum Gasteiger partial charge on any atom is -0.325 e. The van der Waals surface area contributed by atoms with Crippen molar-refractivity contribution in [3.63, 3.8) is 0 Å². The summed E-state index contributed by atoms with van der Waals surface area (Å²) in [7, 11) is -3.44. The number of carbonyl (C=O) groups is 1. The quantitative estimate of drug-likeness (QED) is 0.766. The van der Waals surface area contributed by atoms with Crippen molar-refractivity contribution in [2.75, 3.05) is 24.2 Å². The van der Waals surface area contributed by atoms with Crippen molar-refractivity contribution < 1.29 is 13.2 Å². The maximum Gasteiger partial charge on any atom is 0.243 e. The molecular weight excluding hydrogens is 382 g/mol. The number of benzene rings is 1. The van der Waals surface area contributed by atoms with E-state index in [4.69, 9.17) is 0 Å². The lowest BCUT2D eigenvalue weighted by Gasteiger charge is -2.25. The molecule has 1 fully saturated rings. The van der Waals surface area contributed by atoms with Gasteiger partial charge in [-0.25, -0.2) is 8.42 Å². The van der Waals surface area contributed by atoms with Crippen molar-refractivity contribution in [2.24, 2.45) is 0 Å². The van der Waals surface area contributed by atoms with Crippen molar-refractivity contribution in [1.82, 2.24) is 9.29 Å². The molecule has 1 amide bonds. The van der Waals surface area contributed by atoms with Crippen LogP contribution in [0.15, 0.2) is 53.7 Å². The van der Waals surface area contributed by atoms with Crippen LogP contribution in [0.2, 0.25) is 0 Å². The van der Waals surface area contributed by atoms with Crippen LogP contribution in [-0.4, -0.2) is 42.5 Å². The summed E-state index contributed by atoms with van der Waals surface area (Å²) < 4.78 is 26.8. The Morgan fingerprint density at radius 3 is 2.52 bits per heavy atom. The topological polar surface area (TPSA) is 79.4 Å². The molecule has 1 N–H and O–H groups in total. The van der Waals surface area contributed by atoms with Gasteiger partial charge in [0.2, 0.25) is 15.9 Å². The highest BCUT2D eigenvalue weighted by atomic mass is 32.2. The molecule has 1 aliphatic rings. The fraction of sp³-hybridized carbons (Fsp3) is 0.368. The van der Waals surface area contributed by atoms with Gasteiger partial charge in [-0.2, -0.15) is 4.31 Å². The third kappa shape index (κ3) is 5.54. The molecule has 0 bridgehead atoms. The zero-order chi connectivity index (χ0) is 19.1. The molecule has 0 saturated carbocycles. The van der Waals surface area contributed by atoms with E-state index in [-0.39, 0.29) is 10.8 Å². The number of anilines is 1. The molecule has 1 saturated heterocycles. The highest BCUT2D eigenvalue weighted by Crippen LogP contribution is 2.22. The number of piperidine rings is 1. The molecule has 0 radical (unpaired) electrons. The SMILES string of the molecule is O=C(CSCc1cccnc1)Nc1ccc(S(=O)(=O)N2CCCCC2)cc1. The molecule has 8 heteroatoms. The summed E-state index contributed by atoms with van der Waals surface area (Å²) >= 11 is 1.51. The van der Waals surface area contributed by atoms with Gasteiger partial charge in [-0.05, 0) is 48.7 Å². The Hall–Kier alpha value is -1.90. The van der Waals surface area contributed by atoms with Gasteiger partial charge in [0, 0.05) is 36.9 Å². The van der Waals surface area contributed by atoms with Gasteiger partial charge in [-0.1, -0.05) is 12.5 Å². The van der Waals surface area contributed by atoms with Crippen LogP contribution >= 0.6 is 11.8 Å². The molecule has 3 rings (SSSR count). The van der Waals surface area contributed by atoms with Crippen LogP contribution in [-0.2, 0) is 20.6 Å². The number of aromatic nitrogens is 1. The van der Waals surface area contributed by atoms with Crippen LogP contribution in [0, 0.1) is 0 Å². The van der Waals surface area contributed by atoms with Gasteiger partial charge in [0.15, 0.2) is 0 Å². The van der Waals surface area contributed by atoms with E-state index in [2.05, 4.69) is 10.3 Å². The minimum atomic E-state index is -3.44. The standard InChI is InChI=1S/C19H23N3O3S2/c23-19(15-26-14-16-5-4-10-20-13-16)21-17-6-8-18(9-7-17)27(24,25)22-11-2-1-3-12-22/h4-10,13H,1-3,11-12,14-15H2,(H,21,23). The Morgan fingerprint density at radius 1 is 1.11 bits per heavy atom. The lowest BCUT2D eigenvalue weighted by molar-refractivity contribution is -0.113. The largest absolute Gasteiger partial charge is 0.325 e. The van der Waals surface area contributed by atoms with Gasteiger partial charge in [-0.3, -0.25) is 9.78 Å². The van der Waals surface area contributed by atoms with E-state index in [0.29, 0.717) is 30.3 Å². The zero-order valence-corrected chi connectivity index (χ0v) is 16.6. The lowest BCUT2D eigenvalue weighted by Crippen LogP contribution is -2.35. The number of thioether (sulfide) groups is 1. The van der Waals surface area contributed by atoms with Gasteiger partial charge in [-0.15, -0.1) is 11.8 Å². The van der Waals surface area contributed by atoms with Crippen LogP contribution < -0.4 is 5.32 Å². The average Bonchev–Trinajstić information content (AvgIpc) is 2.70. The molecule has 0 unspecified atom stereocenters. The monoisotopic (exact) mass is 405 g/mol. The minimum absolute atomic E-state index is 0.115. The molecule has 0 atom stereocenters. The molecular formula is C19H23N3O3S2. The molecule has 0 spiro atoms. The van der Waals surface area contributed by atoms with E-state index in [9.17, 15) is 13.2 Å². The Balaban J connectivity index is 1.51. The molecule has 2 heterocycles. The maximum absolute atomic E-state index is 12.6. The molecule has 6 nitrogen and oxygen atoms in total. The molecule has 144 valence electrons. The predicted molar refractivity (Wildman–Crippen MR) is 108 cm³/mol. The van der Waals surface area contributed by atoms with Crippen molar-refractivity contribution in [1.29, 1.82) is 0 Å². The number of hydrogen-bond donors (Lipinski definition) is 1. The molecule has 1 aliphatic heterocycles. The summed E-state index contributed by atoms with van der Waals surface area (Å²) in [6.07, 6.45) is 6.40. The second kappa shape index (κ2) is 9.34. The molecule has 0 aliphatic carbocycles. The fourth-order valence-electron chi connectivity index (χ4n) is 2.91. The highest BCUT2D eigenvalue weighted by molar-refractivity contribution is 7.99. The first kappa shape index (κ1) is 19.9. The summed E-state index contributed by atoms with van der Waals surface area (Å²) in [6, 6.07) is 10.2. The summed E-state index contributed by atoms with van der Waals surface area (Å²) in [5.41, 5.74) is 1.67. The average molecular weight is 406 g/mol. The van der Waals surface area contributed by atoms with Crippen molar-refractivity contribution in [3.05, 3.63) is 54.4 Å². The summed E-state index contributed by atoms with van der Waals surface area (Å²) in [5.74, 6) is 0.923. The Labute approximate surface area is 164 Å². The summed E-state index contributed by atoms with van der Waals surface area (Å²) in [4.78, 5) is 16.4. The molecule has 27 heavy (non-hydrogen) atoms. The van der Waals surface area contributed by atoms with E-state index in [1.807, 2.05) is 12.1 Å². The van der Waals surface area contributed by atoms with E-state index in [1.165, 1.54) is 11.8 Å². The third-order valence-corrected chi connectivity index (χ3v) is 7.23. The van der Waals surface area contributed by atoms with E-state index in [1.54, 1.807) is 41.0 Å². The Morgan fingerprint density at radius 2 is 1.85 bits per heavy atom. The van der Waals surface area contributed by atoms with Crippen molar-refractivity contribution >= 4 is 33.4 Å². The molecule has 1 aromatic carbocycles. The van der Waals surface area contributed by atoms with Crippen molar-refractivity contribution in [2.45, 2.75) is 29.9 Å². The second-order valence-electron chi connectivity index (χ2n) is 6.39. The van der Waals surface area contributed by atoms with E-state index in [0.717, 1.165) is 24.8 Å². The van der Waals surface area contributed by atoms with E-state index >= 15 is 0 Å². The Bertz CT molecular complexity index is 850. The van der Waals surface area contributed by atoms with Gasteiger partial charge in [0.1, 0.15) is 0 Å². The van der Waals surface area contributed by atoms with Gasteiger partial charge in [0.05, 0.1) is 10.6 Å². The highest BCUT2D eigenvalue weighted by Gasteiger charge is 2.25. The first-order chi connectivity index (χ1) is 13.1. The predicted octanol–water partition coefficient (Wildman–Crippen LogP) is 3.13. The first-order valence-electron chi connectivity index (χ1n) is 8.92. The number of rotatable bonds is 7. The smallest absolute Gasteiger partial charge is 0.243 e. The van der Waals surface area contributed by atoms with Crippen LogP contribution in [0.4, 0.5) is 5.69 Å². The number of carbonyl (C=O) groups excluding carboxylic acids is 1. The van der Waals surface area contributed by atoms with Crippen LogP contribution in [0.1, 0.15) is 24.8 Å². The summed E-state index contributed by atoms with van der Waals surface area (Å²) in [6.45, 7) is 1.16. The van der Waals surface area contributed by atoms with Crippen molar-refractivity contribution in [3.8, 4) is 0 Å². The second-order valence-corrected chi connectivity index (χ2v) is 9.31. The van der Waals surface area contributed by atoms with Gasteiger partial charge >= 0.3 is 0 Å². The summed E-state index contributed by atoms with van der Waals surface area (Å²) in [5, 5.41) is 2.80. The number of nitrogens with one attached hydrogen (secondary N) is 1. The van der Waals surface area contributed by atoms with Gasteiger partial charge in [0.25, 0.3) is 0 Å². The number of pyridine rings is 1. The third-order valence-electron chi connectivity index (χ3n) is 4.32. The molecule has 2 aromatic rings. The fourth-order valence-corrected chi connectivity index (χ4v) is 5.19. The zero-order valence-electron chi connectivity index (χ0n) is 15.0. The normalized spacial score (nSPS) is 15.4. The number of hydrogen-bond acceptors (Lipinski definition) is 5. The number of sulfonamides is 1. The lowest BCUT2D eigenvalue weighted by atomic mass is 10.2. The van der Waals surface area contributed by atoms with Gasteiger partial charge < -0.3 is 5.32 Å². The van der Waals surface area contributed by atoms with Crippen LogP contribution in [0.25, 0.3) is 0 Å². The number of nitrogens with zero attached hydrogens (tertiary/aromatic N) is 2. The number of amides is 1. The van der Waals surface area contributed by atoms with E-state index < -0.39 is 10.0 Å². The maximum atomic E-state index is 12.6.